The first-order valence-electron chi connectivity index (χ1n) is 5.22. The molecule has 106 valence electrons. The number of hydrogen-bond acceptors (Lipinski definition) is 6. The number of aromatic nitrogens is 1. The van der Waals surface area contributed by atoms with Crippen LogP contribution in [0.15, 0.2) is 29.3 Å². The normalized spacial score (nSPS) is 11.4. The third kappa shape index (κ3) is 2.95. The number of pyridine rings is 1. The number of carbonyl (C=O) groups is 1. The molecule has 3 N–H and O–H groups in total. The van der Waals surface area contributed by atoms with Gasteiger partial charge in [0, 0.05) is 17.6 Å². The highest BCUT2D eigenvalue weighted by molar-refractivity contribution is 7.85. The Morgan fingerprint density at radius 1 is 1.30 bits per heavy atom. The topological polar surface area (TPSA) is 134 Å². The summed E-state index contributed by atoms with van der Waals surface area (Å²) >= 11 is 0. The zero-order valence-electron chi connectivity index (χ0n) is 9.85. The first kappa shape index (κ1) is 14.0. The molecule has 0 spiro atoms. The fraction of sp³-hybridized carbons (Fsp3) is 0.0909. The molecule has 2 rings (SSSR count). The van der Waals surface area contributed by atoms with E-state index >= 15 is 0 Å². The van der Waals surface area contributed by atoms with Crippen molar-refractivity contribution < 1.29 is 32.7 Å². The van der Waals surface area contributed by atoms with Gasteiger partial charge in [0.05, 0.1) is 5.52 Å². The number of phenols is 1. The summed E-state index contributed by atoms with van der Waals surface area (Å²) in [4.78, 5) is 13.8. The lowest BCUT2D eigenvalue weighted by Gasteiger charge is -2.07. The van der Waals surface area contributed by atoms with Crippen LogP contribution in [0.2, 0.25) is 0 Å². The Bertz CT molecular complexity index is 785. The van der Waals surface area contributed by atoms with Crippen molar-refractivity contribution in [3.8, 4) is 11.5 Å². The molecule has 0 amide bonds. The van der Waals surface area contributed by atoms with Crippen molar-refractivity contribution in [1.29, 1.82) is 0 Å². The van der Waals surface area contributed by atoms with E-state index in [1.807, 2.05) is 0 Å². The van der Waals surface area contributed by atoms with Crippen LogP contribution < -0.4 is 4.74 Å². The second-order valence-electron chi connectivity index (χ2n) is 3.84. The van der Waals surface area contributed by atoms with E-state index in [2.05, 4.69) is 4.98 Å². The van der Waals surface area contributed by atoms with Gasteiger partial charge < -0.3 is 14.9 Å². The summed E-state index contributed by atoms with van der Waals surface area (Å²) in [5, 5.41) is 18.4. The number of aromatic hydroxyl groups is 1. The second kappa shape index (κ2) is 4.94. The molecule has 0 aliphatic carbocycles. The van der Waals surface area contributed by atoms with Crippen LogP contribution in [0.5, 0.6) is 11.5 Å². The quantitative estimate of drug-likeness (QED) is 0.700. The van der Waals surface area contributed by atoms with Crippen LogP contribution in [0.25, 0.3) is 10.9 Å². The molecule has 0 saturated carbocycles. The highest BCUT2D eigenvalue weighted by atomic mass is 32.2. The average molecular weight is 299 g/mol. The van der Waals surface area contributed by atoms with Crippen molar-refractivity contribution in [1.82, 2.24) is 4.98 Å². The maximum atomic E-state index is 11.0. The monoisotopic (exact) mass is 299 g/mol. The number of nitrogens with zero attached hydrogens (tertiary/aromatic N) is 1. The average Bonchev–Trinajstić information content (AvgIpc) is 2.34. The molecule has 0 aliphatic rings. The highest BCUT2D eigenvalue weighted by Gasteiger charge is 2.13. The SMILES string of the molecule is O=C(O)COc1cc2ncc(S(=O)(=O)O)cc2cc1O. The number of carboxylic acids is 1. The summed E-state index contributed by atoms with van der Waals surface area (Å²) in [6, 6.07) is 3.55. The van der Waals surface area contributed by atoms with Crippen molar-refractivity contribution in [2.75, 3.05) is 6.61 Å². The zero-order chi connectivity index (χ0) is 14.9. The third-order valence-corrected chi connectivity index (χ3v) is 3.20. The number of rotatable bonds is 4. The number of carboxylic acid groups (broad SMARTS) is 1. The highest BCUT2D eigenvalue weighted by Crippen LogP contribution is 2.31. The van der Waals surface area contributed by atoms with E-state index in [9.17, 15) is 18.3 Å². The van der Waals surface area contributed by atoms with Crippen molar-refractivity contribution in [2.45, 2.75) is 4.90 Å². The number of ether oxygens (including phenoxy) is 1. The Balaban J connectivity index is 2.48. The predicted octanol–water partition coefficient (Wildman–Crippen LogP) is 0.651. The van der Waals surface area contributed by atoms with E-state index < -0.39 is 27.6 Å². The van der Waals surface area contributed by atoms with E-state index in [1.165, 1.54) is 6.07 Å². The van der Waals surface area contributed by atoms with Crippen molar-refractivity contribution in [3.05, 3.63) is 24.4 Å². The van der Waals surface area contributed by atoms with Gasteiger partial charge in [0.25, 0.3) is 10.1 Å². The molecular formula is C11H9NO7S. The molecule has 8 nitrogen and oxygen atoms in total. The molecule has 0 radical (unpaired) electrons. The van der Waals surface area contributed by atoms with Gasteiger partial charge in [-0.05, 0) is 12.1 Å². The maximum Gasteiger partial charge on any atom is 0.341 e. The zero-order valence-corrected chi connectivity index (χ0v) is 10.7. The van der Waals surface area contributed by atoms with Gasteiger partial charge in [0.1, 0.15) is 4.90 Å². The maximum absolute atomic E-state index is 11.0. The molecule has 9 heteroatoms. The Morgan fingerprint density at radius 2 is 2.00 bits per heavy atom. The van der Waals surface area contributed by atoms with E-state index in [0.29, 0.717) is 0 Å². The van der Waals surface area contributed by atoms with Gasteiger partial charge in [0.2, 0.25) is 0 Å². The van der Waals surface area contributed by atoms with Gasteiger partial charge in [-0.15, -0.1) is 0 Å². The Kier molecular flexibility index (Phi) is 3.47. The Hall–Kier alpha value is -2.39. The molecule has 1 aromatic heterocycles. The molecule has 2 aromatic rings. The van der Waals surface area contributed by atoms with Gasteiger partial charge >= 0.3 is 5.97 Å². The number of aliphatic carboxylic acids is 1. The molecule has 0 saturated heterocycles. The van der Waals surface area contributed by atoms with Crippen molar-refractivity contribution >= 4 is 27.0 Å². The second-order valence-corrected chi connectivity index (χ2v) is 5.26. The van der Waals surface area contributed by atoms with Gasteiger partial charge in [0.15, 0.2) is 18.1 Å². The van der Waals surface area contributed by atoms with Crippen LogP contribution in [0.1, 0.15) is 0 Å². The molecule has 0 aliphatic heterocycles. The van der Waals surface area contributed by atoms with Crippen molar-refractivity contribution in [2.24, 2.45) is 0 Å². The molecule has 0 bridgehead atoms. The minimum absolute atomic E-state index is 0.0907. The summed E-state index contributed by atoms with van der Waals surface area (Å²) in [6.45, 7) is -0.637. The molecule has 0 atom stereocenters. The van der Waals surface area contributed by atoms with E-state index in [1.54, 1.807) is 0 Å². The summed E-state index contributed by atoms with van der Waals surface area (Å²) in [6.07, 6.45) is 0.940. The van der Waals surface area contributed by atoms with E-state index in [4.69, 9.17) is 14.4 Å². The lowest BCUT2D eigenvalue weighted by Crippen LogP contribution is -2.09. The summed E-state index contributed by atoms with van der Waals surface area (Å²) < 4.78 is 35.7. The fourth-order valence-electron chi connectivity index (χ4n) is 1.52. The molecule has 1 heterocycles. The van der Waals surface area contributed by atoms with Crippen LogP contribution in [0.3, 0.4) is 0 Å². The number of phenolic OH excluding ortho intramolecular Hbond substituents is 1. The molecular weight excluding hydrogens is 290 g/mol. The summed E-state index contributed by atoms with van der Waals surface area (Å²) in [5.74, 6) is -1.67. The van der Waals surface area contributed by atoms with E-state index in [0.717, 1.165) is 18.3 Å². The first-order chi connectivity index (χ1) is 9.27. The number of benzene rings is 1. The van der Waals surface area contributed by atoms with Crippen LogP contribution in [-0.2, 0) is 14.9 Å². The number of fused-ring (bicyclic) bond motifs is 1. The van der Waals surface area contributed by atoms with Crippen LogP contribution in [-0.4, -0.2) is 40.7 Å². The van der Waals surface area contributed by atoms with Gasteiger partial charge in [-0.1, -0.05) is 0 Å². The van der Waals surface area contributed by atoms with Gasteiger partial charge in [-0.2, -0.15) is 8.42 Å². The lowest BCUT2D eigenvalue weighted by molar-refractivity contribution is -0.139. The Labute approximate surface area is 113 Å². The number of hydrogen-bond donors (Lipinski definition) is 3. The molecule has 1 aromatic carbocycles. The molecule has 20 heavy (non-hydrogen) atoms. The molecule has 0 unspecified atom stereocenters. The van der Waals surface area contributed by atoms with E-state index in [-0.39, 0.29) is 22.4 Å². The van der Waals surface area contributed by atoms with Gasteiger partial charge in [-0.25, -0.2) is 4.79 Å². The summed E-state index contributed by atoms with van der Waals surface area (Å²) in [7, 11) is -4.39. The molecule has 0 fully saturated rings. The lowest BCUT2D eigenvalue weighted by atomic mass is 10.2. The minimum atomic E-state index is -4.39. The Morgan fingerprint density at radius 3 is 2.60 bits per heavy atom. The van der Waals surface area contributed by atoms with Crippen molar-refractivity contribution in [3.63, 3.8) is 0 Å². The van der Waals surface area contributed by atoms with Gasteiger partial charge in [-0.3, -0.25) is 9.54 Å². The third-order valence-electron chi connectivity index (χ3n) is 2.39. The van der Waals surface area contributed by atoms with Crippen LogP contribution in [0, 0.1) is 0 Å². The van der Waals surface area contributed by atoms with Crippen LogP contribution in [0.4, 0.5) is 0 Å². The minimum Gasteiger partial charge on any atom is -0.504 e. The smallest absolute Gasteiger partial charge is 0.341 e. The standard InChI is InChI=1S/C11H9NO7S/c13-9-2-6-1-7(20(16,17)18)4-12-8(6)3-10(9)19-5-11(14)15/h1-4,13H,5H2,(H,14,15)(H,16,17,18). The fourth-order valence-corrected chi connectivity index (χ4v) is 1.98. The first-order valence-corrected chi connectivity index (χ1v) is 6.66. The van der Waals surface area contributed by atoms with Crippen LogP contribution >= 0.6 is 0 Å². The summed E-state index contributed by atoms with van der Waals surface area (Å²) in [5.41, 5.74) is 0.274. The largest absolute Gasteiger partial charge is 0.504 e. The predicted molar refractivity (Wildman–Crippen MR) is 66.4 cm³/mol.